The van der Waals surface area contributed by atoms with Crippen LogP contribution in [-0.4, -0.2) is 13.3 Å². The summed E-state index contributed by atoms with van der Waals surface area (Å²) in [5, 5.41) is 0. The first kappa shape index (κ1) is 18.5. The van der Waals surface area contributed by atoms with Gasteiger partial charge in [-0.05, 0) is 65.3 Å². The number of rotatable bonds is 5. The van der Waals surface area contributed by atoms with Crippen LogP contribution < -0.4 is 9.47 Å². The molecule has 2 aromatic carbocycles. The monoisotopic (exact) mass is 444 g/mol. The molecule has 0 saturated carbocycles. The van der Waals surface area contributed by atoms with Gasteiger partial charge in [-0.3, -0.25) is 0 Å². The molecule has 6 heteroatoms. The van der Waals surface area contributed by atoms with E-state index in [-0.39, 0.29) is 12.4 Å². The van der Waals surface area contributed by atoms with Crippen molar-refractivity contribution in [2.45, 2.75) is 26.9 Å². The Balaban J connectivity index is 2.23. The molecule has 0 heterocycles. The highest BCUT2D eigenvalue weighted by molar-refractivity contribution is 14.1. The predicted octanol–water partition coefficient (Wildman–Crippen LogP) is 5.03. The van der Waals surface area contributed by atoms with E-state index < -0.39 is 6.16 Å². The summed E-state index contributed by atoms with van der Waals surface area (Å²) in [5.74, 6) is 0.539. The minimum absolute atomic E-state index is 0.150. The molecular weight excluding hydrogens is 426 g/mol. The molecule has 0 bridgehead atoms. The highest BCUT2D eigenvalue weighted by Gasteiger charge is 2.14. The van der Waals surface area contributed by atoms with Crippen molar-refractivity contribution in [3.63, 3.8) is 0 Å². The molecule has 0 aliphatic carbocycles. The van der Waals surface area contributed by atoms with Gasteiger partial charge in [0.15, 0.2) is 0 Å². The molecule has 0 spiro atoms. The maximum absolute atomic E-state index is 14.0. The van der Waals surface area contributed by atoms with Crippen molar-refractivity contribution in [3.05, 3.63) is 56.4 Å². The third-order valence-electron chi connectivity index (χ3n) is 3.53. The Kier molecular flexibility index (Phi) is 6.42. The Morgan fingerprint density at radius 1 is 1.25 bits per heavy atom. The van der Waals surface area contributed by atoms with Gasteiger partial charge in [-0.25, -0.2) is 9.18 Å². The largest absolute Gasteiger partial charge is 0.513 e. The minimum Gasteiger partial charge on any atom is -0.488 e. The molecule has 2 aromatic rings. The molecule has 4 nitrogen and oxygen atoms in total. The van der Waals surface area contributed by atoms with Crippen LogP contribution in [0.3, 0.4) is 0 Å². The molecule has 0 aromatic heterocycles. The molecule has 0 N–H and O–H groups in total. The first-order chi connectivity index (χ1) is 11.5. The summed E-state index contributed by atoms with van der Waals surface area (Å²) in [4.78, 5) is 11.4. The molecule has 0 aliphatic heterocycles. The van der Waals surface area contributed by atoms with Crippen LogP contribution in [0.5, 0.6) is 11.5 Å². The summed E-state index contributed by atoms with van der Waals surface area (Å²) in [5.41, 5.74) is 2.21. The first-order valence-corrected chi connectivity index (χ1v) is 8.49. The molecule has 128 valence electrons. The van der Waals surface area contributed by atoms with Crippen LogP contribution in [0.1, 0.15) is 23.6 Å². The average Bonchev–Trinajstić information content (AvgIpc) is 2.56. The highest BCUT2D eigenvalue weighted by Crippen LogP contribution is 2.28. The molecule has 0 aliphatic rings. The van der Waals surface area contributed by atoms with Gasteiger partial charge in [0, 0.05) is 15.2 Å². The molecular formula is C18H18FIO4. The fourth-order valence-electron chi connectivity index (χ4n) is 2.21. The van der Waals surface area contributed by atoms with Crippen LogP contribution in [0.2, 0.25) is 0 Å². The lowest BCUT2D eigenvalue weighted by molar-refractivity contribution is 0.120. The SMILES string of the molecule is CCc1cc(C)c(OCc2c(I)cccc2OC(=O)OC)cc1F. The number of halogens is 2. The van der Waals surface area contributed by atoms with Crippen molar-refractivity contribution in [3.8, 4) is 11.5 Å². The van der Waals surface area contributed by atoms with Crippen LogP contribution in [0.15, 0.2) is 30.3 Å². The lowest BCUT2D eigenvalue weighted by Crippen LogP contribution is -2.11. The Bertz CT molecular complexity index is 746. The van der Waals surface area contributed by atoms with Crippen molar-refractivity contribution < 1.29 is 23.4 Å². The predicted molar refractivity (Wildman–Crippen MR) is 97.0 cm³/mol. The van der Waals surface area contributed by atoms with E-state index in [2.05, 4.69) is 27.3 Å². The van der Waals surface area contributed by atoms with E-state index in [1.54, 1.807) is 18.2 Å². The second-order valence-corrected chi connectivity index (χ2v) is 6.29. The van der Waals surface area contributed by atoms with Gasteiger partial charge in [0.2, 0.25) is 0 Å². The van der Waals surface area contributed by atoms with E-state index in [0.717, 1.165) is 9.13 Å². The van der Waals surface area contributed by atoms with Gasteiger partial charge < -0.3 is 14.2 Å². The van der Waals surface area contributed by atoms with Crippen molar-refractivity contribution in [2.24, 2.45) is 0 Å². The number of methoxy groups -OCH3 is 1. The highest BCUT2D eigenvalue weighted by atomic mass is 127. The third kappa shape index (κ3) is 4.37. The molecule has 0 atom stereocenters. The lowest BCUT2D eigenvalue weighted by Gasteiger charge is -2.14. The zero-order valence-corrected chi connectivity index (χ0v) is 15.8. The molecule has 0 amide bonds. The van der Waals surface area contributed by atoms with E-state index in [1.807, 2.05) is 19.9 Å². The molecule has 24 heavy (non-hydrogen) atoms. The van der Waals surface area contributed by atoms with Crippen LogP contribution in [0, 0.1) is 16.3 Å². The van der Waals surface area contributed by atoms with Crippen molar-refractivity contribution in [2.75, 3.05) is 7.11 Å². The number of hydrogen-bond acceptors (Lipinski definition) is 4. The minimum atomic E-state index is -0.798. The first-order valence-electron chi connectivity index (χ1n) is 7.41. The number of hydrogen-bond donors (Lipinski definition) is 0. The summed E-state index contributed by atoms with van der Waals surface area (Å²) in [6, 6.07) is 8.48. The van der Waals surface area contributed by atoms with Gasteiger partial charge in [-0.15, -0.1) is 0 Å². The van der Waals surface area contributed by atoms with Crippen molar-refractivity contribution in [1.29, 1.82) is 0 Å². The average molecular weight is 444 g/mol. The zero-order chi connectivity index (χ0) is 17.7. The topological polar surface area (TPSA) is 44.8 Å². The van der Waals surface area contributed by atoms with Crippen LogP contribution in [0.25, 0.3) is 0 Å². The molecule has 2 rings (SSSR count). The number of ether oxygens (including phenoxy) is 3. The summed E-state index contributed by atoms with van der Waals surface area (Å²) in [6.07, 6.45) is -0.173. The van der Waals surface area contributed by atoms with Gasteiger partial charge in [-0.1, -0.05) is 13.0 Å². The summed E-state index contributed by atoms with van der Waals surface area (Å²) in [7, 11) is 1.24. The van der Waals surface area contributed by atoms with Crippen LogP contribution >= 0.6 is 22.6 Å². The van der Waals surface area contributed by atoms with Crippen LogP contribution in [0.4, 0.5) is 9.18 Å². The number of carbonyl (C=O) groups is 1. The quantitative estimate of drug-likeness (QED) is 0.369. The third-order valence-corrected chi connectivity index (χ3v) is 4.54. The van der Waals surface area contributed by atoms with E-state index in [9.17, 15) is 9.18 Å². The summed E-state index contributed by atoms with van der Waals surface area (Å²) in [6.45, 7) is 3.92. The number of benzene rings is 2. The van der Waals surface area contributed by atoms with E-state index >= 15 is 0 Å². The second kappa shape index (κ2) is 8.32. The Hall–Kier alpha value is -1.83. The van der Waals surface area contributed by atoms with Gasteiger partial charge in [0.05, 0.1) is 7.11 Å². The van der Waals surface area contributed by atoms with Gasteiger partial charge in [0.25, 0.3) is 0 Å². The van der Waals surface area contributed by atoms with Gasteiger partial charge in [-0.2, -0.15) is 0 Å². The smallest absolute Gasteiger partial charge is 0.488 e. The van der Waals surface area contributed by atoms with Crippen molar-refractivity contribution >= 4 is 28.7 Å². The Morgan fingerprint density at radius 2 is 2.00 bits per heavy atom. The number of aryl methyl sites for hydroxylation is 2. The summed E-state index contributed by atoms with van der Waals surface area (Å²) >= 11 is 2.13. The van der Waals surface area contributed by atoms with Crippen molar-refractivity contribution in [1.82, 2.24) is 0 Å². The van der Waals surface area contributed by atoms with E-state index in [0.29, 0.717) is 29.0 Å². The van der Waals surface area contributed by atoms with Gasteiger partial charge in [0.1, 0.15) is 23.9 Å². The number of carbonyl (C=O) groups excluding carboxylic acids is 1. The molecule has 0 fully saturated rings. The standard InChI is InChI=1S/C18H18FIO4/c1-4-12-8-11(2)17(9-14(12)19)23-10-13-15(20)6-5-7-16(13)24-18(21)22-3/h5-9H,4,10H2,1-3H3. The lowest BCUT2D eigenvalue weighted by atomic mass is 10.1. The van der Waals surface area contributed by atoms with E-state index in [4.69, 9.17) is 9.47 Å². The molecule has 0 saturated heterocycles. The van der Waals surface area contributed by atoms with Crippen LogP contribution in [-0.2, 0) is 17.8 Å². The zero-order valence-electron chi connectivity index (χ0n) is 13.7. The fourth-order valence-corrected chi connectivity index (χ4v) is 2.83. The maximum Gasteiger partial charge on any atom is 0.513 e. The summed E-state index contributed by atoms with van der Waals surface area (Å²) < 4.78 is 30.3. The second-order valence-electron chi connectivity index (χ2n) is 5.12. The molecule has 0 unspecified atom stereocenters. The van der Waals surface area contributed by atoms with E-state index in [1.165, 1.54) is 13.2 Å². The van der Waals surface area contributed by atoms with Gasteiger partial charge >= 0.3 is 6.16 Å². The Morgan fingerprint density at radius 3 is 2.67 bits per heavy atom. The Labute approximate surface area is 154 Å². The normalized spacial score (nSPS) is 10.4. The fraction of sp³-hybridized carbons (Fsp3) is 0.278. The molecule has 0 radical (unpaired) electrons. The maximum atomic E-state index is 14.0.